The summed E-state index contributed by atoms with van der Waals surface area (Å²) in [4.78, 5) is 11.2. The molecule has 0 saturated carbocycles. The Morgan fingerprint density at radius 2 is 1.83 bits per heavy atom. The van der Waals surface area contributed by atoms with Crippen LogP contribution in [0.2, 0.25) is 10.0 Å². The Morgan fingerprint density at radius 1 is 1.06 bits per heavy atom. The summed E-state index contributed by atoms with van der Waals surface area (Å²) in [5.74, 6) is 1.62. The zero-order valence-electron chi connectivity index (χ0n) is 19.4. The highest BCUT2D eigenvalue weighted by Crippen LogP contribution is 2.39. The van der Waals surface area contributed by atoms with Crippen LogP contribution in [-0.4, -0.2) is 33.3 Å². The van der Waals surface area contributed by atoms with Gasteiger partial charge in [-0.1, -0.05) is 65.3 Å². The molecule has 0 amide bonds. The highest BCUT2D eigenvalue weighted by Gasteiger charge is 2.25. The molecule has 186 valence electrons. The molecule has 0 spiro atoms. The molecule has 0 unspecified atom stereocenters. The first-order chi connectivity index (χ1) is 17.4. The van der Waals surface area contributed by atoms with E-state index in [1.54, 1.807) is 36.4 Å². The van der Waals surface area contributed by atoms with Crippen LogP contribution >= 0.6 is 35.0 Å². The van der Waals surface area contributed by atoms with Crippen molar-refractivity contribution in [3.63, 3.8) is 0 Å². The number of para-hydroxylation sites is 1. The third kappa shape index (κ3) is 6.10. The fraction of sp³-hybridized carbons (Fsp3) is 0.200. The van der Waals surface area contributed by atoms with E-state index >= 15 is 0 Å². The number of benzene rings is 3. The van der Waals surface area contributed by atoms with Gasteiger partial charge in [0.1, 0.15) is 17.7 Å². The Bertz CT molecular complexity index is 1370. The van der Waals surface area contributed by atoms with Gasteiger partial charge in [-0.25, -0.2) is 0 Å². The van der Waals surface area contributed by atoms with E-state index in [2.05, 4.69) is 10.2 Å². The Kier molecular flexibility index (Phi) is 8.35. The average molecular weight is 545 g/mol. The summed E-state index contributed by atoms with van der Waals surface area (Å²) >= 11 is 13.5. The van der Waals surface area contributed by atoms with Crippen molar-refractivity contribution in [2.45, 2.75) is 23.9 Å². The third-order valence-electron chi connectivity index (χ3n) is 5.33. The number of aromatic nitrogens is 3. The van der Waals surface area contributed by atoms with Crippen LogP contribution in [0.25, 0.3) is 5.69 Å². The van der Waals surface area contributed by atoms with Gasteiger partial charge >= 0.3 is 0 Å². The van der Waals surface area contributed by atoms with Crippen LogP contribution in [-0.2, 0) is 6.61 Å². The van der Waals surface area contributed by atoms with Gasteiger partial charge in [-0.2, -0.15) is 0 Å². The number of hydrogen-bond donors (Lipinski definition) is 0. The van der Waals surface area contributed by atoms with Crippen LogP contribution in [0.3, 0.4) is 0 Å². The number of aryl methyl sites for hydroxylation is 1. The molecule has 0 aliphatic rings. The summed E-state index contributed by atoms with van der Waals surface area (Å²) < 4.78 is 13.3. The highest BCUT2D eigenvalue weighted by molar-refractivity contribution is 7.99. The number of thioether (sulfide) groups is 1. The van der Waals surface area contributed by atoms with Gasteiger partial charge in [0.2, 0.25) is 6.54 Å². The van der Waals surface area contributed by atoms with Crippen molar-refractivity contribution in [2.24, 2.45) is 0 Å². The lowest BCUT2D eigenvalue weighted by molar-refractivity contribution is -0.479. The maximum Gasteiger partial charge on any atom is 0.220 e. The van der Waals surface area contributed by atoms with E-state index < -0.39 is 5.25 Å². The molecule has 0 aliphatic carbocycles. The molecule has 8 nitrogen and oxygen atoms in total. The quantitative estimate of drug-likeness (QED) is 0.126. The molecule has 11 heteroatoms. The minimum Gasteiger partial charge on any atom is -0.493 e. The zero-order valence-corrected chi connectivity index (χ0v) is 21.8. The first kappa shape index (κ1) is 25.8. The standard InChI is InChI=1S/C25H22Cl2N4O4S/c1-16-28-29-25(31(16)20-6-4-3-5-7-20)36-24(14-30(32)33)17-9-11-22(23(12-17)34-2)35-15-18-8-10-19(26)13-21(18)27/h3-13,24H,14-15H2,1-2H3/t24-/m0/s1. The van der Waals surface area contributed by atoms with E-state index in [1.807, 2.05) is 41.8 Å². The van der Waals surface area contributed by atoms with Gasteiger partial charge in [-0.3, -0.25) is 14.7 Å². The summed E-state index contributed by atoms with van der Waals surface area (Å²) in [6.45, 7) is 1.74. The molecule has 4 rings (SSSR count). The second-order valence-electron chi connectivity index (χ2n) is 7.76. The summed E-state index contributed by atoms with van der Waals surface area (Å²) in [6, 6.07) is 20.1. The first-order valence-corrected chi connectivity index (χ1v) is 12.5. The lowest BCUT2D eigenvalue weighted by Crippen LogP contribution is -2.11. The molecule has 36 heavy (non-hydrogen) atoms. The SMILES string of the molecule is COc1cc([C@H](C[N+](=O)[O-])Sc2nnc(C)n2-c2ccccc2)ccc1OCc1ccc(Cl)cc1Cl. The normalized spacial score (nSPS) is 11.8. The number of nitrogens with zero attached hydrogens (tertiary/aromatic N) is 4. The summed E-state index contributed by atoms with van der Waals surface area (Å²) in [7, 11) is 1.52. The maximum atomic E-state index is 11.5. The number of hydrogen-bond acceptors (Lipinski definition) is 7. The maximum absolute atomic E-state index is 11.5. The molecule has 1 heterocycles. The molecule has 0 N–H and O–H groups in total. The van der Waals surface area contributed by atoms with Crippen molar-refractivity contribution < 1.29 is 14.4 Å². The van der Waals surface area contributed by atoms with E-state index in [1.165, 1.54) is 18.9 Å². The van der Waals surface area contributed by atoms with Crippen LogP contribution in [0.1, 0.15) is 22.2 Å². The molecule has 0 fully saturated rings. The van der Waals surface area contributed by atoms with Crippen molar-refractivity contribution >= 4 is 35.0 Å². The molecule has 0 radical (unpaired) electrons. The minimum atomic E-state index is -0.542. The van der Waals surface area contributed by atoms with Crippen molar-refractivity contribution in [3.8, 4) is 17.2 Å². The number of nitro groups is 1. The van der Waals surface area contributed by atoms with Gasteiger partial charge in [0.05, 0.1) is 7.11 Å². The van der Waals surface area contributed by atoms with E-state index in [0.29, 0.717) is 38.1 Å². The van der Waals surface area contributed by atoms with Gasteiger partial charge in [-0.05, 0) is 48.9 Å². The van der Waals surface area contributed by atoms with Gasteiger partial charge in [-0.15, -0.1) is 10.2 Å². The molecule has 4 aromatic rings. The number of methoxy groups -OCH3 is 1. The lowest BCUT2D eigenvalue weighted by atomic mass is 10.1. The van der Waals surface area contributed by atoms with Gasteiger partial charge in [0.25, 0.3) is 0 Å². The summed E-state index contributed by atoms with van der Waals surface area (Å²) in [6.07, 6.45) is 0. The van der Waals surface area contributed by atoms with Crippen LogP contribution in [0, 0.1) is 17.0 Å². The van der Waals surface area contributed by atoms with E-state index in [9.17, 15) is 10.1 Å². The topological polar surface area (TPSA) is 92.3 Å². The van der Waals surface area contributed by atoms with Crippen molar-refractivity contribution in [1.29, 1.82) is 0 Å². The Labute approximate surface area is 222 Å². The Hall–Kier alpha value is -3.27. The monoisotopic (exact) mass is 544 g/mol. The Balaban J connectivity index is 1.60. The molecule has 0 aliphatic heterocycles. The summed E-state index contributed by atoms with van der Waals surface area (Å²) in [5, 5.41) is 21.1. The highest BCUT2D eigenvalue weighted by atomic mass is 35.5. The van der Waals surface area contributed by atoms with Gasteiger partial charge < -0.3 is 9.47 Å². The van der Waals surface area contributed by atoms with Crippen molar-refractivity contribution in [1.82, 2.24) is 14.8 Å². The van der Waals surface area contributed by atoms with Crippen LogP contribution in [0.4, 0.5) is 0 Å². The van der Waals surface area contributed by atoms with Crippen LogP contribution in [0.15, 0.2) is 71.9 Å². The lowest BCUT2D eigenvalue weighted by Gasteiger charge is -2.17. The summed E-state index contributed by atoms with van der Waals surface area (Å²) in [5.41, 5.74) is 2.35. The third-order valence-corrected chi connectivity index (χ3v) is 7.10. The van der Waals surface area contributed by atoms with E-state index in [0.717, 1.165) is 11.3 Å². The number of ether oxygens (including phenoxy) is 2. The molecule has 1 aromatic heterocycles. The smallest absolute Gasteiger partial charge is 0.220 e. The van der Waals surface area contributed by atoms with E-state index in [-0.39, 0.29) is 18.1 Å². The fourth-order valence-electron chi connectivity index (χ4n) is 3.56. The molecule has 3 aromatic carbocycles. The largest absolute Gasteiger partial charge is 0.493 e. The van der Waals surface area contributed by atoms with E-state index in [4.69, 9.17) is 32.7 Å². The van der Waals surface area contributed by atoms with Crippen LogP contribution in [0.5, 0.6) is 11.5 Å². The van der Waals surface area contributed by atoms with Gasteiger partial charge in [0, 0.05) is 26.2 Å². The average Bonchev–Trinajstić information content (AvgIpc) is 3.23. The van der Waals surface area contributed by atoms with Crippen LogP contribution < -0.4 is 9.47 Å². The second-order valence-corrected chi connectivity index (χ2v) is 9.77. The van der Waals surface area contributed by atoms with Crippen molar-refractivity contribution in [3.05, 3.63) is 104 Å². The second kappa shape index (κ2) is 11.6. The molecule has 1 atom stereocenters. The Morgan fingerprint density at radius 3 is 2.53 bits per heavy atom. The first-order valence-electron chi connectivity index (χ1n) is 10.9. The minimum absolute atomic E-state index is 0.207. The predicted octanol–water partition coefficient (Wildman–Crippen LogP) is 6.58. The van der Waals surface area contributed by atoms with Crippen molar-refractivity contribution in [2.75, 3.05) is 13.7 Å². The molecular formula is C25H22Cl2N4O4S. The molecular weight excluding hydrogens is 523 g/mol. The number of rotatable bonds is 10. The molecule has 0 bridgehead atoms. The number of halogens is 2. The zero-order chi connectivity index (χ0) is 25.7. The predicted molar refractivity (Wildman–Crippen MR) is 140 cm³/mol. The molecule has 0 saturated heterocycles. The fourth-order valence-corrected chi connectivity index (χ4v) is 5.19. The van der Waals surface area contributed by atoms with Gasteiger partial charge in [0.15, 0.2) is 16.7 Å².